The van der Waals surface area contributed by atoms with Crippen molar-refractivity contribution in [1.82, 2.24) is 40.1 Å². The molecule has 2 aliphatic carbocycles. The van der Waals surface area contributed by atoms with Crippen molar-refractivity contribution in [3.8, 4) is 5.75 Å². The molecule has 1 fully saturated rings. The van der Waals surface area contributed by atoms with Crippen LogP contribution in [0.1, 0.15) is 106 Å². The molecule has 14 heteroatoms. The first kappa shape index (κ1) is 39.5. The van der Waals surface area contributed by atoms with Crippen molar-refractivity contribution in [1.29, 1.82) is 0 Å². The van der Waals surface area contributed by atoms with Gasteiger partial charge >= 0.3 is 6.03 Å². The fourth-order valence-corrected chi connectivity index (χ4v) is 7.52. The summed E-state index contributed by atoms with van der Waals surface area (Å²) < 4.78 is 13.8. The lowest BCUT2D eigenvalue weighted by Crippen LogP contribution is -2.54. The molecule has 3 heterocycles. The van der Waals surface area contributed by atoms with Crippen LogP contribution in [0.4, 0.5) is 10.6 Å². The first-order chi connectivity index (χ1) is 26.1. The second-order valence-corrected chi connectivity index (χ2v) is 16.6. The number of carbonyl (C=O) groups excluding carboxylic acids is 3. The van der Waals surface area contributed by atoms with Gasteiger partial charge in [0.1, 0.15) is 29.0 Å². The van der Waals surface area contributed by atoms with Gasteiger partial charge in [-0.1, -0.05) is 78.1 Å². The number of aromatic nitrogens is 5. The van der Waals surface area contributed by atoms with E-state index < -0.39 is 34.4 Å². The summed E-state index contributed by atoms with van der Waals surface area (Å²) in [5, 5.41) is 17.4. The van der Waals surface area contributed by atoms with Gasteiger partial charge in [0, 0.05) is 41.7 Å². The minimum absolute atomic E-state index is 0.0421. The Hall–Kier alpha value is -5.21. The number of ether oxygens (including phenoxy) is 2. The molecule has 4 aromatic rings. The van der Waals surface area contributed by atoms with Crippen LogP contribution in [-0.4, -0.2) is 87.6 Å². The molecule has 0 unspecified atom stereocenters. The molecule has 1 aromatic carbocycles. The van der Waals surface area contributed by atoms with E-state index in [0.29, 0.717) is 47.7 Å². The second kappa shape index (κ2) is 15.5. The Kier molecular flexibility index (Phi) is 11.1. The highest BCUT2D eigenvalue weighted by Gasteiger charge is 2.39. The van der Waals surface area contributed by atoms with Gasteiger partial charge in [-0.25, -0.2) is 14.8 Å². The predicted octanol–water partition coefficient (Wildman–Crippen LogP) is 5.64. The van der Waals surface area contributed by atoms with E-state index in [4.69, 9.17) is 9.47 Å². The molecule has 0 bridgehead atoms. The Labute approximate surface area is 322 Å². The Balaban J connectivity index is 1.22. The van der Waals surface area contributed by atoms with Gasteiger partial charge in [-0.05, 0) is 56.8 Å². The maximum absolute atomic E-state index is 13.7. The van der Waals surface area contributed by atoms with Crippen LogP contribution < -0.4 is 20.7 Å². The Bertz CT molecular complexity index is 2080. The molecule has 0 saturated heterocycles. The van der Waals surface area contributed by atoms with Crippen LogP contribution in [0.25, 0.3) is 5.65 Å². The van der Waals surface area contributed by atoms with E-state index in [0.717, 1.165) is 31.5 Å². The number of benzene rings is 1. The molecule has 0 spiro atoms. The Morgan fingerprint density at radius 2 is 1.76 bits per heavy atom. The van der Waals surface area contributed by atoms with Gasteiger partial charge in [0.2, 0.25) is 5.82 Å². The average molecular weight is 752 g/mol. The predicted molar refractivity (Wildman–Crippen MR) is 209 cm³/mol. The number of pyridine rings is 1. The average Bonchev–Trinajstić information content (AvgIpc) is 3.59. The quantitative estimate of drug-likeness (QED) is 0.122. The van der Waals surface area contributed by atoms with Crippen LogP contribution in [0.2, 0.25) is 0 Å². The van der Waals surface area contributed by atoms with Gasteiger partial charge in [-0.15, -0.1) is 10.2 Å². The first-order valence-electron chi connectivity index (χ1n) is 18.8. The molecule has 3 N–H and O–H groups in total. The smallest absolute Gasteiger partial charge is 0.321 e. The molecule has 0 radical (unpaired) electrons. The summed E-state index contributed by atoms with van der Waals surface area (Å²) in [6.45, 7) is 10.9. The summed E-state index contributed by atoms with van der Waals surface area (Å²) in [5.41, 5.74) is -0.0113. The van der Waals surface area contributed by atoms with Gasteiger partial charge < -0.3 is 25.0 Å². The van der Waals surface area contributed by atoms with E-state index in [2.05, 4.69) is 55.1 Å². The minimum atomic E-state index is -1.52. The molecule has 14 nitrogen and oxygen atoms in total. The third-order valence-electron chi connectivity index (χ3n) is 10.8. The summed E-state index contributed by atoms with van der Waals surface area (Å²) in [6, 6.07) is 11.9. The maximum Gasteiger partial charge on any atom is 0.321 e. The van der Waals surface area contributed by atoms with Gasteiger partial charge in [0.25, 0.3) is 5.91 Å². The van der Waals surface area contributed by atoms with E-state index in [1.54, 1.807) is 37.5 Å². The SMILES string of the molecule is COCC(C)(C)c1nnc2ccc(O[C@@H]3C=C[C@](C=O)(NC(=O)Nc4cc(C(C)(C)C)nc(C(=O)NCC5(N(C)C)CCCCC5)n4)c4ccccc43)cn12. The van der Waals surface area contributed by atoms with Crippen LogP contribution in [-0.2, 0) is 25.9 Å². The molecular formula is C41H53N9O5. The number of aldehydes is 1. The number of nitrogens with zero attached hydrogens (tertiary/aromatic N) is 6. The summed E-state index contributed by atoms with van der Waals surface area (Å²) >= 11 is 0. The molecule has 6 rings (SSSR count). The van der Waals surface area contributed by atoms with Crippen molar-refractivity contribution in [2.45, 2.75) is 94.7 Å². The fourth-order valence-electron chi connectivity index (χ4n) is 7.52. The third kappa shape index (κ3) is 8.25. The Morgan fingerprint density at radius 1 is 1.02 bits per heavy atom. The summed E-state index contributed by atoms with van der Waals surface area (Å²) in [7, 11) is 5.75. The lowest BCUT2D eigenvalue weighted by atomic mass is 9.80. The van der Waals surface area contributed by atoms with Crippen LogP contribution in [0.5, 0.6) is 5.75 Å². The fraction of sp³-hybridized carbons (Fsp3) is 0.488. The van der Waals surface area contributed by atoms with Gasteiger partial charge in [0.15, 0.2) is 11.9 Å². The number of likely N-dealkylation sites (N-methyl/N-ethyl adjacent to an activating group) is 1. The van der Waals surface area contributed by atoms with Crippen molar-refractivity contribution < 1.29 is 23.9 Å². The normalized spacial score (nSPS) is 19.5. The van der Waals surface area contributed by atoms with E-state index >= 15 is 0 Å². The number of fused-ring (bicyclic) bond motifs is 2. The largest absolute Gasteiger partial charge is 0.480 e. The number of hydrogen-bond donors (Lipinski definition) is 3. The number of amides is 3. The lowest BCUT2D eigenvalue weighted by Gasteiger charge is -2.43. The topological polar surface area (TPSA) is 165 Å². The lowest BCUT2D eigenvalue weighted by molar-refractivity contribution is -0.111. The number of hydrogen-bond acceptors (Lipinski definition) is 10. The zero-order valence-electron chi connectivity index (χ0n) is 33.1. The van der Waals surface area contributed by atoms with Crippen molar-refractivity contribution in [2.24, 2.45) is 0 Å². The van der Waals surface area contributed by atoms with E-state index in [1.165, 1.54) is 6.42 Å². The molecule has 2 atom stereocenters. The van der Waals surface area contributed by atoms with Gasteiger partial charge in [-0.3, -0.25) is 19.3 Å². The molecule has 3 amide bonds. The number of carbonyl (C=O) groups is 3. The minimum Gasteiger partial charge on any atom is -0.480 e. The molecule has 55 heavy (non-hydrogen) atoms. The van der Waals surface area contributed by atoms with Crippen LogP contribution >= 0.6 is 0 Å². The number of methoxy groups -OCH3 is 1. The molecule has 292 valence electrons. The number of nitrogens with one attached hydrogen (secondary N) is 3. The standard InChI is InChI=1S/C41H53N9O5/c1-38(2,3)31-22-32(44-34(43-31)35(52)42-24-40(49(6)7)19-12-9-13-20-40)45-37(53)46-41(25-51)21-18-30(28-14-10-11-15-29(28)41)55-27-16-17-33-47-48-36(50(33)23-27)39(4,5)26-54-8/h10-11,14-18,21-23,25,30H,9,12-13,19-20,24,26H2,1-8H3,(H,42,52)(H2,43,44,45,46,53)/t30-,41-/m1/s1. The molecule has 0 aliphatic heterocycles. The van der Waals surface area contributed by atoms with Crippen molar-refractivity contribution >= 4 is 29.7 Å². The van der Waals surface area contributed by atoms with Crippen molar-refractivity contribution in [2.75, 3.05) is 39.7 Å². The third-order valence-corrected chi connectivity index (χ3v) is 10.8. The summed E-state index contributed by atoms with van der Waals surface area (Å²) in [4.78, 5) is 51.5. The molecule has 3 aromatic heterocycles. The number of urea groups is 1. The monoisotopic (exact) mass is 751 g/mol. The second-order valence-electron chi connectivity index (χ2n) is 16.6. The first-order valence-corrected chi connectivity index (χ1v) is 18.8. The van der Waals surface area contributed by atoms with Gasteiger partial charge in [0.05, 0.1) is 18.5 Å². The highest BCUT2D eigenvalue weighted by atomic mass is 16.5. The molecule has 1 saturated carbocycles. The van der Waals surface area contributed by atoms with Crippen molar-refractivity contribution in [3.63, 3.8) is 0 Å². The van der Waals surface area contributed by atoms with Gasteiger partial charge in [-0.2, -0.15) is 0 Å². The van der Waals surface area contributed by atoms with Crippen molar-refractivity contribution in [3.05, 3.63) is 89.3 Å². The van der Waals surface area contributed by atoms with E-state index in [-0.39, 0.29) is 17.2 Å². The number of rotatable bonds is 12. The Morgan fingerprint density at radius 3 is 2.45 bits per heavy atom. The zero-order chi connectivity index (χ0) is 39.6. The highest BCUT2D eigenvalue weighted by molar-refractivity contribution is 5.94. The highest BCUT2D eigenvalue weighted by Crippen LogP contribution is 2.38. The van der Waals surface area contributed by atoms with E-state index in [9.17, 15) is 14.4 Å². The molecular weight excluding hydrogens is 699 g/mol. The van der Waals surface area contributed by atoms with Crippen LogP contribution in [0.15, 0.2) is 60.8 Å². The summed E-state index contributed by atoms with van der Waals surface area (Å²) in [6.07, 6.45) is 10.7. The maximum atomic E-state index is 13.7. The number of anilines is 1. The van der Waals surface area contributed by atoms with Crippen LogP contribution in [0.3, 0.4) is 0 Å². The summed E-state index contributed by atoms with van der Waals surface area (Å²) in [5.74, 6) is 0.964. The zero-order valence-corrected chi connectivity index (χ0v) is 33.1. The van der Waals surface area contributed by atoms with Crippen LogP contribution in [0, 0.1) is 0 Å². The van der Waals surface area contributed by atoms with E-state index in [1.807, 2.05) is 69.5 Å². The molecule has 2 aliphatic rings.